The van der Waals surface area contributed by atoms with Crippen LogP contribution in [-0.4, -0.2) is 20.1 Å². The van der Waals surface area contributed by atoms with Crippen LogP contribution in [0.3, 0.4) is 0 Å². The van der Waals surface area contributed by atoms with E-state index in [-0.39, 0.29) is 5.91 Å². The van der Waals surface area contributed by atoms with Gasteiger partial charge in [-0.2, -0.15) is 0 Å². The van der Waals surface area contributed by atoms with Gasteiger partial charge in [-0.15, -0.1) is 0 Å². The lowest BCUT2D eigenvalue weighted by Gasteiger charge is -2.11. The minimum atomic E-state index is -0.330. The minimum absolute atomic E-state index is 0.292. The predicted octanol–water partition coefficient (Wildman–Crippen LogP) is 4.26. The van der Waals surface area contributed by atoms with Gasteiger partial charge in [-0.25, -0.2) is 0 Å². The highest BCUT2D eigenvalue weighted by Crippen LogP contribution is 2.30. The minimum Gasteiger partial charge on any atom is -0.493 e. The summed E-state index contributed by atoms with van der Waals surface area (Å²) in [6, 6.07) is 9.78. The van der Waals surface area contributed by atoms with Gasteiger partial charge in [0, 0.05) is 16.8 Å². The third-order valence-corrected chi connectivity index (χ3v) is 3.36. The summed E-state index contributed by atoms with van der Waals surface area (Å²) in [5.74, 6) is 0.779. The van der Waals surface area contributed by atoms with Crippen LogP contribution < -0.4 is 14.8 Å². The number of benzene rings is 2. The van der Waals surface area contributed by atoms with Gasteiger partial charge < -0.3 is 14.8 Å². The average Bonchev–Trinajstić information content (AvgIpc) is 2.46. The first-order valence-electron chi connectivity index (χ1n) is 6.03. The summed E-state index contributed by atoms with van der Waals surface area (Å²) >= 11 is 11.8. The molecule has 0 saturated heterocycles. The van der Waals surface area contributed by atoms with E-state index in [2.05, 4.69) is 5.32 Å². The van der Waals surface area contributed by atoms with Gasteiger partial charge in [0.25, 0.3) is 5.91 Å². The molecule has 0 heterocycles. The number of hydrogen-bond donors (Lipinski definition) is 1. The van der Waals surface area contributed by atoms with Gasteiger partial charge in [-0.05, 0) is 30.3 Å². The molecule has 4 nitrogen and oxygen atoms in total. The molecule has 0 bridgehead atoms. The molecule has 0 spiro atoms. The zero-order valence-corrected chi connectivity index (χ0v) is 13.0. The van der Waals surface area contributed by atoms with E-state index in [1.54, 1.807) is 37.4 Å². The highest BCUT2D eigenvalue weighted by atomic mass is 35.5. The Bertz CT molecular complexity index is 674. The molecular weight excluding hydrogens is 313 g/mol. The van der Waals surface area contributed by atoms with Crippen LogP contribution in [0.4, 0.5) is 5.69 Å². The molecule has 2 aromatic carbocycles. The fraction of sp³-hybridized carbons (Fsp3) is 0.133. The Labute approximate surface area is 132 Å². The van der Waals surface area contributed by atoms with Crippen LogP contribution >= 0.6 is 23.2 Å². The summed E-state index contributed by atoms with van der Waals surface area (Å²) in [5.41, 5.74) is 0.916. The SMILES string of the molecule is COc1ccc(NC(=O)c2ccc(Cl)cc2Cl)cc1OC. The van der Waals surface area contributed by atoms with Gasteiger partial charge in [0.05, 0.1) is 24.8 Å². The van der Waals surface area contributed by atoms with Gasteiger partial charge in [-0.3, -0.25) is 4.79 Å². The summed E-state index contributed by atoms with van der Waals surface area (Å²) in [4.78, 5) is 12.2. The first-order valence-corrected chi connectivity index (χ1v) is 6.79. The van der Waals surface area contributed by atoms with Gasteiger partial charge in [0.15, 0.2) is 11.5 Å². The largest absolute Gasteiger partial charge is 0.493 e. The van der Waals surface area contributed by atoms with E-state index in [9.17, 15) is 4.79 Å². The third-order valence-electron chi connectivity index (χ3n) is 2.82. The van der Waals surface area contributed by atoms with E-state index < -0.39 is 0 Å². The highest BCUT2D eigenvalue weighted by Gasteiger charge is 2.12. The molecule has 21 heavy (non-hydrogen) atoms. The molecule has 2 aromatic rings. The molecule has 0 saturated carbocycles. The van der Waals surface area contributed by atoms with E-state index in [1.165, 1.54) is 13.2 Å². The highest BCUT2D eigenvalue weighted by molar-refractivity contribution is 6.37. The van der Waals surface area contributed by atoms with Crippen molar-refractivity contribution in [3.8, 4) is 11.5 Å². The summed E-state index contributed by atoms with van der Waals surface area (Å²) < 4.78 is 10.3. The Kier molecular flexibility index (Phi) is 4.94. The lowest BCUT2D eigenvalue weighted by molar-refractivity contribution is 0.102. The maximum absolute atomic E-state index is 12.2. The Morgan fingerprint density at radius 3 is 2.33 bits per heavy atom. The van der Waals surface area contributed by atoms with Crippen LogP contribution in [0.5, 0.6) is 11.5 Å². The molecule has 0 aliphatic carbocycles. The van der Waals surface area contributed by atoms with Crippen molar-refractivity contribution in [2.45, 2.75) is 0 Å². The van der Waals surface area contributed by atoms with Crippen molar-refractivity contribution >= 4 is 34.8 Å². The smallest absolute Gasteiger partial charge is 0.257 e. The van der Waals surface area contributed by atoms with E-state index in [1.807, 2.05) is 0 Å². The number of nitrogens with one attached hydrogen (secondary N) is 1. The third kappa shape index (κ3) is 3.60. The number of methoxy groups -OCH3 is 2. The van der Waals surface area contributed by atoms with Crippen molar-refractivity contribution in [3.05, 3.63) is 52.0 Å². The van der Waals surface area contributed by atoms with Crippen molar-refractivity contribution in [2.24, 2.45) is 0 Å². The molecule has 0 atom stereocenters. The lowest BCUT2D eigenvalue weighted by Crippen LogP contribution is -2.12. The van der Waals surface area contributed by atoms with Crippen molar-refractivity contribution in [1.29, 1.82) is 0 Å². The number of rotatable bonds is 4. The standard InChI is InChI=1S/C15H13Cl2NO3/c1-20-13-6-4-10(8-14(13)21-2)18-15(19)11-5-3-9(16)7-12(11)17/h3-8H,1-2H3,(H,18,19). The lowest BCUT2D eigenvalue weighted by atomic mass is 10.2. The zero-order valence-electron chi connectivity index (χ0n) is 11.4. The second kappa shape index (κ2) is 6.70. The average molecular weight is 326 g/mol. The maximum atomic E-state index is 12.2. The molecule has 0 aliphatic rings. The molecule has 1 N–H and O–H groups in total. The molecule has 0 fully saturated rings. The number of amides is 1. The van der Waals surface area contributed by atoms with Gasteiger partial charge in [-0.1, -0.05) is 23.2 Å². The molecule has 0 unspecified atom stereocenters. The number of carbonyl (C=O) groups excluding carboxylic acids is 1. The Hall–Kier alpha value is -1.91. The molecule has 6 heteroatoms. The van der Waals surface area contributed by atoms with Gasteiger partial charge >= 0.3 is 0 Å². The van der Waals surface area contributed by atoms with E-state index in [0.717, 1.165) is 0 Å². The van der Waals surface area contributed by atoms with Crippen LogP contribution in [0.25, 0.3) is 0 Å². The predicted molar refractivity (Wildman–Crippen MR) is 84.0 cm³/mol. The Balaban J connectivity index is 2.23. The number of hydrogen-bond acceptors (Lipinski definition) is 3. The van der Waals surface area contributed by atoms with E-state index in [4.69, 9.17) is 32.7 Å². The maximum Gasteiger partial charge on any atom is 0.257 e. The second-order valence-corrected chi connectivity index (χ2v) is 4.99. The molecule has 0 aliphatic heterocycles. The second-order valence-electron chi connectivity index (χ2n) is 4.15. The van der Waals surface area contributed by atoms with Crippen molar-refractivity contribution in [2.75, 3.05) is 19.5 Å². The topological polar surface area (TPSA) is 47.6 Å². The van der Waals surface area contributed by atoms with Crippen molar-refractivity contribution < 1.29 is 14.3 Å². The molecule has 0 radical (unpaired) electrons. The zero-order chi connectivity index (χ0) is 15.4. The van der Waals surface area contributed by atoms with Crippen molar-refractivity contribution in [3.63, 3.8) is 0 Å². The van der Waals surface area contributed by atoms with Crippen molar-refractivity contribution in [1.82, 2.24) is 0 Å². The van der Waals surface area contributed by atoms with E-state index in [0.29, 0.717) is 32.8 Å². The normalized spacial score (nSPS) is 10.1. The van der Waals surface area contributed by atoms with Crippen LogP contribution in [0.1, 0.15) is 10.4 Å². The molecular formula is C15H13Cl2NO3. The summed E-state index contributed by atoms with van der Waals surface area (Å²) in [5, 5.41) is 3.51. The summed E-state index contributed by atoms with van der Waals surface area (Å²) in [7, 11) is 3.07. The Morgan fingerprint density at radius 1 is 1.00 bits per heavy atom. The molecule has 1 amide bonds. The molecule has 0 aromatic heterocycles. The van der Waals surface area contributed by atoms with Crippen LogP contribution in [0.2, 0.25) is 10.0 Å². The molecule has 2 rings (SSSR count). The van der Waals surface area contributed by atoms with Gasteiger partial charge in [0.1, 0.15) is 0 Å². The number of carbonyl (C=O) groups is 1. The number of halogens is 2. The fourth-order valence-corrected chi connectivity index (χ4v) is 2.28. The van der Waals surface area contributed by atoms with Crippen LogP contribution in [0, 0.1) is 0 Å². The monoisotopic (exact) mass is 325 g/mol. The first-order chi connectivity index (χ1) is 10.0. The quantitative estimate of drug-likeness (QED) is 0.913. The van der Waals surface area contributed by atoms with Gasteiger partial charge in [0.2, 0.25) is 0 Å². The van der Waals surface area contributed by atoms with Crippen LogP contribution in [0.15, 0.2) is 36.4 Å². The fourth-order valence-electron chi connectivity index (χ4n) is 1.79. The summed E-state index contributed by atoms with van der Waals surface area (Å²) in [6.07, 6.45) is 0. The summed E-state index contributed by atoms with van der Waals surface area (Å²) in [6.45, 7) is 0. The molecule has 110 valence electrons. The first kappa shape index (κ1) is 15.5. The number of ether oxygens (including phenoxy) is 2. The number of anilines is 1. The Morgan fingerprint density at radius 2 is 1.71 bits per heavy atom. The van der Waals surface area contributed by atoms with E-state index >= 15 is 0 Å². The van der Waals surface area contributed by atoms with Crippen LogP contribution in [-0.2, 0) is 0 Å².